The maximum Gasteiger partial charge on any atom is 0.407 e. The minimum atomic E-state index is -0.545. The molecule has 0 unspecified atom stereocenters. The summed E-state index contributed by atoms with van der Waals surface area (Å²) in [6, 6.07) is 0. The summed E-state index contributed by atoms with van der Waals surface area (Å²) < 4.78 is 10.4. The van der Waals surface area contributed by atoms with Crippen molar-refractivity contribution in [2.75, 3.05) is 6.54 Å². The number of ether oxygens (including phenoxy) is 2. The van der Waals surface area contributed by atoms with E-state index in [1.807, 2.05) is 20.8 Å². The van der Waals surface area contributed by atoms with E-state index < -0.39 is 17.3 Å². The largest absolute Gasteiger partial charge is 0.459 e. The molecular weight excluding hydrogens is 234 g/mol. The predicted octanol–water partition coefficient (Wildman–Crippen LogP) is 2.39. The number of hydrogen-bond donors (Lipinski definition) is 1. The lowest BCUT2D eigenvalue weighted by atomic mass is 9.84. The van der Waals surface area contributed by atoms with Gasteiger partial charge in [-0.05, 0) is 46.5 Å². The number of carbonyl (C=O) groups is 2. The van der Waals surface area contributed by atoms with Crippen LogP contribution in [0.2, 0.25) is 0 Å². The zero-order valence-electron chi connectivity index (χ0n) is 11.5. The van der Waals surface area contributed by atoms with Gasteiger partial charge in [0.05, 0.1) is 6.54 Å². The Morgan fingerprint density at radius 3 is 2.39 bits per heavy atom. The third-order valence-corrected chi connectivity index (χ3v) is 3.02. The molecule has 0 bridgehead atoms. The van der Waals surface area contributed by atoms with Crippen molar-refractivity contribution < 1.29 is 19.1 Å². The summed E-state index contributed by atoms with van der Waals surface area (Å²) in [5, 5.41) is 2.69. The average molecular weight is 257 g/mol. The standard InChI is InChI=1S/C13H23NO4/c1-12(2,3)18-11(16)14-9-13(17-10-15)7-5-4-6-8-13/h10H,4-9H2,1-3H3,(H,14,16). The van der Waals surface area contributed by atoms with E-state index >= 15 is 0 Å². The van der Waals surface area contributed by atoms with Crippen LogP contribution in [0.15, 0.2) is 0 Å². The molecule has 5 heteroatoms. The summed E-state index contributed by atoms with van der Waals surface area (Å²) in [6.07, 6.45) is 4.30. The van der Waals surface area contributed by atoms with Gasteiger partial charge in [0.2, 0.25) is 0 Å². The normalized spacial score (nSPS) is 18.8. The first-order chi connectivity index (χ1) is 8.37. The third kappa shape index (κ3) is 4.94. The molecule has 1 fully saturated rings. The van der Waals surface area contributed by atoms with Crippen molar-refractivity contribution in [3.8, 4) is 0 Å². The van der Waals surface area contributed by atoms with Gasteiger partial charge in [-0.1, -0.05) is 6.42 Å². The zero-order chi connectivity index (χ0) is 13.6. The van der Waals surface area contributed by atoms with Crippen molar-refractivity contribution in [3.05, 3.63) is 0 Å². The van der Waals surface area contributed by atoms with Crippen molar-refractivity contribution in [2.45, 2.75) is 64.1 Å². The molecule has 18 heavy (non-hydrogen) atoms. The smallest absolute Gasteiger partial charge is 0.407 e. The van der Waals surface area contributed by atoms with Gasteiger partial charge in [-0.2, -0.15) is 0 Å². The van der Waals surface area contributed by atoms with Crippen LogP contribution in [0.3, 0.4) is 0 Å². The highest BCUT2D eigenvalue weighted by Gasteiger charge is 2.34. The summed E-state index contributed by atoms with van der Waals surface area (Å²) in [4.78, 5) is 22.2. The Balaban J connectivity index is 2.47. The Labute approximate surface area is 108 Å². The van der Waals surface area contributed by atoms with Crippen LogP contribution in [-0.4, -0.2) is 30.3 Å². The third-order valence-electron chi connectivity index (χ3n) is 3.02. The van der Waals surface area contributed by atoms with Gasteiger partial charge in [0.25, 0.3) is 6.47 Å². The molecule has 1 N–H and O–H groups in total. The SMILES string of the molecule is CC(C)(C)OC(=O)NCC1(OC=O)CCCCC1. The first-order valence-electron chi connectivity index (χ1n) is 6.45. The van der Waals surface area contributed by atoms with E-state index in [9.17, 15) is 9.59 Å². The fourth-order valence-corrected chi connectivity index (χ4v) is 2.18. The molecule has 0 aromatic carbocycles. The minimum absolute atomic E-state index is 0.320. The van der Waals surface area contributed by atoms with Crippen LogP contribution in [0, 0.1) is 0 Å². The van der Waals surface area contributed by atoms with Crippen molar-refractivity contribution in [1.82, 2.24) is 5.32 Å². The van der Waals surface area contributed by atoms with E-state index in [2.05, 4.69) is 5.32 Å². The van der Waals surface area contributed by atoms with Crippen LogP contribution in [0.25, 0.3) is 0 Å². The van der Waals surface area contributed by atoms with Crippen LogP contribution in [0.5, 0.6) is 0 Å². The Bertz CT molecular complexity index is 290. The van der Waals surface area contributed by atoms with Crippen molar-refractivity contribution in [2.24, 2.45) is 0 Å². The minimum Gasteiger partial charge on any atom is -0.459 e. The Morgan fingerprint density at radius 1 is 1.28 bits per heavy atom. The summed E-state index contributed by atoms with van der Waals surface area (Å²) in [6.45, 7) is 6.23. The summed E-state index contributed by atoms with van der Waals surface area (Å²) in [5.41, 5.74) is -1.06. The van der Waals surface area contributed by atoms with Gasteiger partial charge in [-0.15, -0.1) is 0 Å². The highest BCUT2D eigenvalue weighted by atomic mass is 16.6. The van der Waals surface area contributed by atoms with Gasteiger partial charge < -0.3 is 14.8 Å². The first kappa shape index (κ1) is 14.8. The number of rotatable bonds is 4. The van der Waals surface area contributed by atoms with Gasteiger partial charge in [0, 0.05) is 0 Å². The molecule has 0 aromatic rings. The van der Waals surface area contributed by atoms with Crippen LogP contribution < -0.4 is 5.32 Å². The average Bonchev–Trinajstić information content (AvgIpc) is 2.26. The van der Waals surface area contributed by atoms with Crippen molar-refractivity contribution in [3.63, 3.8) is 0 Å². The van der Waals surface area contributed by atoms with Gasteiger partial charge in [0.1, 0.15) is 11.2 Å². The van der Waals surface area contributed by atoms with Crippen LogP contribution in [-0.2, 0) is 14.3 Å². The van der Waals surface area contributed by atoms with E-state index in [1.165, 1.54) is 0 Å². The molecule has 5 nitrogen and oxygen atoms in total. The summed E-state index contributed by atoms with van der Waals surface area (Å²) in [7, 11) is 0. The molecule has 0 atom stereocenters. The predicted molar refractivity (Wildman–Crippen MR) is 67.2 cm³/mol. The molecule has 1 aliphatic rings. The molecule has 1 amide bonds. The summed E-state index contributed by atoms with van der Waals surface area (Å²) >= 11 is 0. The maximum atomic E-state index is 11.6. The molecule has 0 saturated heterocycles. The maximum absolute atomic E-state index is 11.6. The molecule has 0 radical (unpaired) electrons. The fourth-order valence-electron chi connectivity index (χ4n) is 2.18. The highest BCUT2D eigenvalue weighted by Crippen LogP contribution is 2.30. The zero-order valence-corrected chi connectivity index (χ0v) is 11.5. The monoisotopic (exact) mass is 257 g/mol. The number of amides is 1. The van der Waals surface area contributed by atoms with Crippen LogP contribution in [0.1, 0.15) is 52.9 Å². The van der Waals surface area contributed by atoms with E-state index in [0.717, 1.165) is 32.1 Å². The van der Waals surface area contributed by atoms with Crippen LogP contribution in [0.4, 0.5) is 4.79 Å². The van der Waals surface area contributed by atoms with Gasteiger partial charge in [0.15, 0.2) is 0 Å². The number of alkyl carbamates (subject to hydrolysis) is 1. The van der Waals surface area contributed by atoms with Gasteiger partial charge >= 0.3 is 6.09 Å². The molecular formula is C13H23NO4. The van der Waals surface area contributed by atoms with E-state index in [4.69, 9.17) is 9.47 Å². The number of carbonyl (C=O) groups excluding carboxylic acids is 2. The molecule has 0 aromatic heterocycles. The van der Waals surface area contributed by atoms with Gasteiger partial charge in [-0.3, -0.25) is 4.79 Å². The number of nitrogens with one attached hydrogen (secondary N) is 1. The van der Waals surface area contributed by atoms with Crippen molar-refractivity contribution in [1.29, 1.82) is 0 Å². The molecule has 1 rings (SSSR count). The van der Waals surface area contributed by atoms with E-state index in [1.54, 1.807) is 0 Å². The van der Waals surface area contributed by atoms with Crippen molar-refractivity contribution >= 4 is 12.6 Å². The molecule has 104 valence electrons. The molecule has 0 spiro atoms. The van der Waals surface area contributed by atoms with Crippen LogP contribution >= 0.6 is 0 Å². The molecule has 0 aliphatic heterocycles. The Kier molecular flexibility index (Phi) is 4.99. The number of hydrogen-bond acceptors (Lipinski definition) is 4. The quantitative estimate of drug-likeness (QED) is 0.785. The fraction of sp³-hybridized carbons (Fsp3) is 0.846. The lowest BCUT2D eigenvalue weighted by molar-refractivity contribution is -0.146. The lowest BCUT2D eigenvalue weighted by Crippen LogP contribution is -2.47. The van der Waals surface area contributed by atoms with E-state index in [-0.39, 0.29) is 0 Å². The first-order valence-corrected chi connectivity index (χ1v) is 6.45. The Morgan fingerprint density at radius 2 is 1.89 bits per heavy atom. The topological polar surface area (TPSA) is 64.6 Å². The molecule has 0 heterocycles. The Hall–Kier alpha value is -1.26. The highest BCUT2D eigenvalue weighted by molar-refractivity contribution is 5.67. The molecule has 1 aliphatic carbocycles. The second-order valence-electron chi connectivity index (χ2n) is 5.81. The summed E-state index contributed by atoms with van der Waals surface area (Å²) in [5.74, 6) is 0. The van der Waals surface area contributed by atoms with Gasteiger partial charge in [-0.25, -0.2) is 4.79 Å². The van der Waals surface area contributed by atoms with E-state index in [0.29, 0.717) is 13.0 Å². The second-order valence-corrected chi connectivity index (χ2v) is 5.81. The lowest BCUT2D eigenvalue weighted by Gasteiger charge is -2.35. The second kappa shape index (κ2) is 6.07. The molecule has 1 saturated carbocycles.